The van der Waals surface area contributed by atoms with E-state index in [-0.39, 0.29) is 5.56 Å². The number of anilines is 2. The maximum atomic E-state index is 12.6. The molecule has 1 saturated heterocycles. The van der Waals surface area contributed by atoms with Gasteiger partial charge in [0.05, 0.1) is 13.2 Å². The normalized spacial score (nSPS) is 13.6. The fourth-order valence-corrected chi connectivity index (χ4v) is 3.38. The molecule has 0 spiro atoms. The molecule has 8 heteroatoms. The van der Waals surface area contributed by atoms with Crippen LogP contribution < -0.4 is 10.2 Å². The van der Waals surface area contributed by atoms with Crippen molar-refractivity contribution >= 4 is 23.3 Å². The van der Waals surface area contributed by atoms with Gasteiger partial charge in [-0.25, -0.2) is 4.79 Å². The Morgan fingerprint density at radius 1 is 1.06 bits per heavy atom. The zero-order valence-electron chi connectivity index (χ0n) is 17.2. The molecule has 1 amide bonds. The summed E-state index contributed by atoms with van der Waals surface area (Å²) in [6.45, 7) is 4.32. The van der Waals surface area contributed by atoms with Crippen molar-refractivity contribution in [3.05, 3.63) is 65.9 Å². The molecule has 4 rings (SSSR count). The molecule has 0 atom stereocenters. The van der Waals surface area contributed by atoms with E-state index in [1.54, 1.807) is 6.92 Å². The van der Waals surface area contributed by atoms with E-state index in [1.165, 1.54) is 0 Å². The van der Waals surface area contributed by atoms with Crippen molar-refractivity contribution < 1.29 is 23.6 Å². The van der Waals surface area contributed by atoms with Crippen LogP contribution in [0.4, 0.5) is 11.4 Å². The summed E-state index contributed by atoms with van der Waals surface area (Å²) in [5.74, 6) is -0.749. The van der Waals surface area contributed by atoms with Crippen molar-refractivity contribution in [1.29, 1.82) is 0 Å². The van der Waals surface area contributed by atoms with Gasteiger partial charge >= 0.3 is 5.97 Å². The minimum atomic E-state index is -0.657. The molecule has 1 aliphatic heterocycles. The Morgan fingerprint density at radius 3 is 2.48 bits per heavy atom. The lowest BCUT2D eigenvalue weighted by molar-refractivity contribution is -0.119. The van der Waals surface area contributed by atoms with E-state index < -0.39 is 18.5 Å². The fourth-order valence-electron chi connectivity index (χ4n) is 3.38. The van der Waals surface area contributed by atoms with Crippen LogP contribution in [-0.2, 0) is 14.3 Å². The predicted molar refractivity (Wildman–Crippen MR) is 115 cm³/mol. The Kier molecular flexibility index (Phi) is 6.28. The van der Waals surface area contributed by atoms with E-state index in [2.05, 4.69) is 15.4 Å². The second kappa shape index (κ2) is 9.44. The maximum absolute atomic E-state index is 12.6. The van der Waals surface area contributed by atoms with Gasteiger partial charge in [-0.15, -0.1) is 0 Å². The molecule has 1 aliphatic rings. The topological polar surface area (TPSA) is 93.9 Å². The molecule has 1 aromatic heterocycles. The SMILES string of the molecule is Cc1onc(-c2ccccc2)c1C(=O)OCC(=O)Nc1ccc(N2CCOCC2)cc1. The van der Waals surface area contributed by atoms with Crippen LogP contribution in [0.1, 0.15) is 16.1 Å². The van der Waals surface area contributed by atoms with E-state index >= 15 is 0 Å². The Morgan fingerprint density at radius 2 is 1.77 bits per heavy atom. The van der Waals surface area contributed by atoms with Crippen LogP contribution in [0.15, 0.2) is 59.1 Å². The molecule has 2 aromatic carbocycles. The number of carbonyl (C=O) groups is 2. The van der Waals surface area contributed by atoms with Gasteiger partial charge < -0.3 is 24.2 Å². The number of aryl methyl sites for hydroxylation is 1. The molecule has 8 nitrogen and oxygen atoms in total. The van der Waals surface area contributed by atoms with Crippen LogP contribution in [-0.4, -0.2) is 49.9 Å². The van der Waals surface area contributed by atoms with Gasteiger partial charge in [-0.1, -0.05) is 35.5 Å². The number of amides is 1. The first-order valence-electron chi connectivity index (χ1n) is 10.0. The van der Waals surface area contributed by atoms with E-state index in [9.17, 15) is 9.59 Å². The number of nitrogens with zero attached hydrogens (tertiary/aromatic N) is 2. The highest BCUT2D eigenvalue weighted by atomic mass is 16.5. The molecule has 160 valence electrons. The maximum Gasteiger partial charge on any atom is 0.344 e. The smallest absolute Gasteiger partial charge is 0.344 e. The molecule has 2 heterocycles. The van der Waals surface area contributed by atoms with Crippen LogP contribution in [0.5, 0.6) is 0 Å². The average molecular weight is 421 g/mol. The molecule has 0 unspecified atom stereocenters. The Hall–Kier alpha value is -3.65. The monoisotopic (exact) mass is 421 g/mol. The number of morpholine rings is 1. The molecule has 31 heavy (non-hydrogen) atoms. The zero-order valence-corrected chi connectivity index (χ0v) is 17.2. The average Bonchev–Trinajstić information content (AvgIpc) is 3.20. The van der Waals surface area contributed by atoms with E-state index in [1.807, 2.05) is 54.6 Å². The minimum absolute atomic E-state index is 0.217. The second-order valence-electron chi connectivity index (χ2n) is 7.10. The van der Waals surface area contributed by atoms with Gasteiger partial charge in [-0.2, -0.15) is 0 Å². The van der Waals surface area contributed by atoms with Crippen LogP contribution in [0.3, 0.4) is 0 Å². The number of nitrogens with one attached hydrogen (secondary N) is 1. The van der Waals surface area contributed by atoms with Crippen molar-refractivity contribution in [1.82, 2.24) is 5.16 Å². The van der Waals surface area contributed by atoms with Crippen molar-refractivity contribution in [3.63, 3.8) is 0 Å². The van der Waals surface area contributed by atoms with Crippen molar-refractivity contribution in [2.75, 3.05) is 43.1 Å². The summed E-state index contributed by atoms with van der Waals surface area (Å²) in [6.07, 6.45) is 0. The van der Waals surface area contributed by atoms with Gasteiger partial charge in [0.2, 0.25) is 0 Å². The summed E-state index contributed by atoms with van der Waals surface area (Å²) in [4.78, 5) is 27.1. The predicted octanol–water partition coefficient (Wildman–Crippen LogP) is 3.28. The van der Waals surface area contributed by atoms with Gasteiger partial charge in [-0.3, -0.25) is 4.79 Å². The first kappa shape index (κ1) is 20.6. The molecule has 0 bridgehead atoms. The van der Waals surface area contributed by atoms with Crippen molar-refractivity contribution in [3.8, 4) is 11.3 Å². The second-order valence-corrected chi connectivity index (χ2v) is 7.10. The van der Waals surface area contributed by atoms with Crippen molar-refractivity contribution in [2.24, 2.45) is 0 Å². The summed E-state index contributed by atoms with van der Waals surface area (Å²) in [5.41, 5.74) is 3.04. The van der Waals surface area contributed by atoms with E-state index in [0.29, 0.717) is 30.4 Å². The Bertz CT molecular complexity index is 1040. The highest BCUT2D eigenvalue weighted by molar-refractivity contribution is 5.99. The third-order valence-electron chi connectivity index (χ3n) is 4.98. The number of carbonyl (C=O) groups excluding carboxylic acids is 2. The van der Waals surface area contributed by atoms with E-state index in [4.69, 9.17) is 14.0 Å². The molecular formula is C23H23N3O5. The quantitative estimate of drug-likeness (QED) is 0.611. The summed E-state index contributed by atoms with van der Waals surface area (Å²) < 4.78 is 15.7. The summed E-state index contributed by atoms with van der Waals surface area (Å²) >= 11 is 0. The first-order chi connectivity index (χ1) is 15.1. The van der Waals surface area contributed by atoms with Gasteiger partial charge in [0.1, 0.15) is 17.0 Å². The summed E-state index contributed by atoms with van der Waals surface area (Å²) in [6, 6.07) is 16.7. The number of ether oxygens (including phenoxy) is 2. The highest BCUT2D eigenvalue weighted by Gasteiger charge is 2.23. The number of rotatable bonds is 6. The number of aromatic nitrogens is 1. The minimum Gasteiger partial charge on any atom is -0.452 e. The molecule has 0 radical (unpaired) electrons. The van der Waals surface area contributed by atoms with Crippen LogP contribution in [0.25, 0.3) is 11.3 Å². The number of esters is 1. The lowest BCUT2D eigenvalue weighted by Gasteiger charge is -2.28. The van der Waals surface area contributed by atoms with Crippen LogP contribution in [0.2, 0.25) is 0 Å². The Labute approximate surface area is 179 Å². The van der Waals surface area contributed by atoms with Crippen LogP contribution in [0, 0.1) is 6.92 Å². The number of hydrogen-bond donors (Lipinski definition) is 1. The molecule has 0 saturated carbocycles. The molecular weight excluding hydrogens is 398 g/mol. The lowest BCUT2D eigenvalue weighted by atomic mass is 10.1. The Balaban J connectivity index is 1.34. The third kappa shape index (κ3) is 4.92. The third-order valence-corrected chi connectivity index (χ3v) is 4.98. The molecule has 1 N–H and O–H groups in total. The number of benzene rings is 2. The largest absolute Gasteiger partial charge is 0.452 e. The van der Waals surface area contributed by atoms with Gasteiger partial charge in [0, 0.05) is 30.0 Å². The van der Waals surface area contributed by atoms with E-state index in [0.717, 1.165) is 24.3 Å². The molecule has 1 fully saturated rings. The lowest BCUT2D eigenvalue weighted by Crippen LogP contribution is -2.36. The fraction of sp³-hybridized carbons (Fsp3) is 0.261. The van der Waals surface area contributed by atoms with Crippen LogP contribution >= 0.6 is 0 Å². The zero-order chi connectivity index (χ0) is 21.6. The summed E-state index contributed by atoms with van der Waals surface area (Å²) in [5, 5.41) is 6.70. The first-order valence-corrected chi connectivity index (χ1v) is 10.0. The standard InChI is InChI=1S/C23H23N3O5/c1-16-21(22(25-31-16)17-5-3-2-4-6-17)23(28)30-15-20(27)24-18-7-9-19(10-8-18)26-11-13-29-14-12-26/h2-10H,11-15H2,1H3,(H,24,27). The molecule has 0 aliphatic carbocycles. The highest BCUT2D eigenvalue weighted by Crippen LogP contribution is 2.25. The number of hydrogen-bond acceptors (Lipinski definition) is 7. The molecule has 3 aromatic rings. The van der Waals surface area contributed by atoms with Crippen molar-refractivity contribution in [2.45, 2.75) is 6.92 Å². The van der Waals surface area contributed by atoms with Gasteiger partial charge in [-0.05, 0) is 31.2 Å². The van der Waals surface area contributed by atoms with Gasteiger partial charge in [0.15, 0.2) is 6.61 Å². The van der Waals surface area contributed by atoms with Gasteiger partial charge in [0.25, 0.3) is 5.91 Å². The summed E-state index contributed by atoms with van der Waals surface area (Å²) in [7, 11) is 0.